The topological polar surface area (TPSA) is 17.1 Å². The number of hydrogen-bond acceptors (Lipinski definition) is 1. The zero-order chi connectivity index (χ0) is 15.0. The molecule has 0 fully saturated rings. The van der Waals surface area contributed by atoms with Gasteiger partial charge in [-0.3, -0.25) is 0 Å². The van der Waals surface area contributed by atoms with Crippen molar-refractivity contribution in [1.82, 2.24) is 0 Å². The van der Waals surface area contributed by atoms with Gasteiger partial charge in [-0.1, -0.05) is 43.4 Å². The second-order valence-corrected chi connectivity index (χ2v) is 12.0. The van der Waals surface area contributed by atoms with E-state index in [0.29, 0.717) is 0 Å². The van der Waals surface area contributed by atoms with Gasteiger partial charge in [0, 0.05) is 16.7 Å². The van der Waals surface area contributed by atoms with E-state index in [9.17, 15) is 4.21 Å². The van der Waals surface area contributed by atoms with Crippen molar-refractivity contribution >= 4 is 18.9 Å². The van der Waals surface area contributed by atoms with Crippen molar-refractivity contribution in [2.45, 2.75) is 50.7 Å². The zero-order valence-corrected chi connectivity index (χ0v) is 14.7. The largest absolute Gasteiger partial charge is 0.250 e. The second kappa shape index (κ2) is 8.24. The molecule has 0 bridgehead atoms. The van der Waals surface area contributed by atoms with Crippen molar-refractivity contribution in [3.8, 4) is 11.5 Å². The highest BCUT2D eigenvalue weighted by atomic mass is 32.2. The maximum atomic E-state index is 12.0. The lowest BCUT2D eigenvalue weighted by Gasteiger charge is -2.02. The van der Waals surface area contributed by atoms with Gasteiger partial charge in [0.05, 0.1) is 10.8 Å². The minimum atomic E-state index is -1.22. The van der Waals surface area contributed by atoms with E-state index in [0.717, 1.165) is 24.2 Å². The van der Waals surface area contributed by atoms with E-state index in [1.54, 1.807) is 5.41 Å². The quantitative estimate of drug-likeness (QED) is 0.439. The van der Waals surface area contributed by atoms with Gasteiger partial charge in [-0.05, 0) is 31.9 Å². The number of allylic oxidation sites excluding steroid dienone is 1. The van der Waals surface area contributed by atoms with E-state index in [1.165, 1.54) is 5.56 Å². The van der Waals surface area contributed by atoms with Crippen LogP contribution in [0.1, 0.15) is 24.8 Å². The van der Waals surface area contributed by atoms with E-state index in [4.69, 9.17) is 0 Å². The van der Waals surface area contributed by atoms with Gasteiger partial charge in [0.2, 0.25) is 0 Å². The number of benzene rings is 1. The Morgan fingerprint density at radius 3 is 2.45 bits per heavy atom. The highest BCUT2D eigenvalue weighted by Crippen LogP contribution is 2.10. The Balaban J connectivity index is 2.32. The monoisotopic (exact) mass is 304 g/mol. The van der Waals surface area contributed by atoms with Crippen molar-refractivity contribution < 1.29 is 4.21 Å². The normalized spacial score (nSPS) is 13.0. The lowest BCUT2D eigenvalue weighted by atomic mass is 10.2. The predicted octanol–water partition coefficient (Wildman–Crippen LogP) is 4.67. The van der Waals surface area contributed by atoms with Crippen LogP contribution in [0, 0.1) is 18.4 Å². The molecule has 1 rings (SSSR count). The van der Waals surface area contributed by atoms with Crippen molar-refractivity contribution in [1.29, 1.82) is 0 Å². The van der Waals surface area contributed by atoms with Crippen LogP contribution >= 0.6 is 0 Å². The van der Waals surface area contributed by atoms with Crippen LogP contribution in [0.4, 0.5) is 0 Å². The first-order chi connectivity index (χ1) is 9.38. The van der Waals surface area contributed by atoms with E-state index in [-0.39, 0.29) is 0 Å². The van der Waals surface area contributed by atoms with Crippen LogP contribution < -0.4 is 0 Å². The molecular weight excluding hydrogens is 280 g/mol. The predicted molar refractivity (Wildman–Crippen MR) is 91.7 cm³/mol. The molecule has 0 amide bonds. The van der Waals surface area contributed by atoms with Gasteiger partial charge >= 0.3 is 0 Å². The Labute approximate surface area is 127 Å². The average Bonchev–Trinajstić information content (AvgIpc) is 2.37. The van der Waals surface area contributed by atoms with E-state index in [2.05, 4.69) is 31.1 Å². The van der Waals surface area contributed by atoms with Crippen LogP contribution in [0.2, 0.25) is 19.6 Å². The molecule has 1 aromatic rings. The van der Waals surface area contributed by atoms with Crippen LogP contribution in [0.5, 0.6) is 0 Å². The van der Waals surface area contributed by atoms with Gasteiger partial charge < -0.3 is 0 Å². The molecule has 0 heterocycles. The molecule has 0 spiro atoms. The molecule has 1 nitrogen and oxygen atoms in total. The second-order valence-electron chi connectivity index (χ2n) is 5.93. The third kappa shape index (κ3) is 7.47. The molecule has 0 saturated carbocycles. The smallest absolute Gasteiger partial charge is 0.129 e. The lowest BCUT2D eigenvalue weighted by molar-refractivity contribution is 0.688. The van der Waals surface area contributed by atoms with Gasteiger partial charge in [0.1, 0.15) is 8.07 Å². The highest BCUT2D eigenvalue weighted by Gasteiger charge is 2.06. The Bertz CT molecular complexity index is 527. The summed E-state index contributed by atoms with van der Waals surface area (Å²) in [6.07, 6.45) is 4.93. The highest BCUT2D eigenvalue weighted by molar-refractivity contribution is 7.88. The molecule has 108 valence electrons. The standard InChI is InChI=1S/C17H24OSSi/c1-16-10-12-17(13-11-16)19(18)14-8-6-5-7-9-15-20(2,3)4/h8,10-14H,5-7H2,1-4H3/b14-8+. The third-order valence-corrected chi connectivity index (χ3v) is 4.71. The van der Waals surface area contributed by atoms with Crippen molar-refractivity contribution in [2.24, 2.45) is 0 Å². The fourth-order valence-corrected chi connectivity index (χ4v) is 3.07. The van der Waals surface area contributed by atoms with Gasteiger partial charge in [-0.15, -0.1) is 11.5 Å². The lowest BCUT2D eigenvalue weighted by Crippen LogP contribution is -2.16. The van der Waals surface area contributed by atoms with E-state index in [1.807, 2.05) is 37.3 Å². The number of aryl methyl sites for hydroxylation is 1. The molecule has 0 aliphatic rings. The minimum Gasteiger partial charge on any atom is -0.250 e. The number of rotatable bonds is 5. The fraction of sp³-hybridized carbons (Fsp3) is 0.412. The van der Waals surface area contributed by atoms with Crippen LogP contribution in [-0.4, -0.2) is 12.3 Å². The molecule has 20 heavy (non-hydrogen) atoms. The van der Waals surface area contributed by atoms with Gasteiger partial charge in [-0.2, -0.15) is 0 Å². The first-order valence-corrected chi connectivity index (χ1v) is 11.7. The number of unbranched alkanes of at least 4 members (excludes halogenated alkanes) is 2. The molecule has 1 unspecified atom stereocenters. The number of hydrogen-bond donors (Lipinski definition) is 0. The fourth-order valence-electron chi connectivity index (χ4n) is 1.54. The molecule has 3 heteroatoms. The maximum absolute atomic E-state index is 12.0. The Kier molecular flexibility index (Phi) is 6.98. The zero-order valence-electron chi connectivity index (χ0n) is 12.9. The summed E-state index contributed by atoms with van der Waals surface area (Å²) in [7, 11) is -2.24. The Morgan fingerprint density at radius 1 is 1.20 bits per heavy atom. The van der Waals surface area contributed by atoms with Gasteiger partial charge in [0.25, 0.3) is 0 Å². The third-order valence-electron chi connectivity index (χ3n) is 2.61. The van der Waals surface area contributed by atoms with Crippen molar-refractivity contribution in [3.05, 3.63) is 41.3 Å². The summed E-state index contributed by atoms with van der Waals surface area (Å²) in [4.78, 5) is 0.866. The molecule has 0 aromatic heterocycles. The molecule has 1 aromatic carbocycles. The molecule has 0 radical (unpaired) electrons. The molecule has 0 saturated heterocycles. The van der Waals surface area contributed by atoms with Gasteiger partial charge in [0.15, 0.2) is 0 Å². The first kappa shape index (κ1) is 16.9. The average molecular weight is 305 g/mol. The summed E-state index contributed by atoms with van der Waals surface area (Å²) in [6, 6.07) is 7.84. The summed E-state index contributed by atoms with van der Waals surface area (Å²) in [5, 5.41) is 1.79. The van der Waals surface area contributed by atoms with Crippen molar-refractivity contribution in [3.63, 3.8) is 0 Å². The minimum absolute atomic E-state index is 0.866. The van der Waals surface area contributed by atoms with Crippen LogP contribution in [-0.2, 0) is 10.8 Å². The first-order valence-electron chi connectivity index (χ1n) is 7.02. The summed E-state index contributed by atoms with van der Waals surface area (Å²) in [6.45, 7) is 8.80. The van der Waals surface area contributed by atoms with Gasteiger partial charge in [-0.25, -0.2) is 4.21 Å². The SMILES string of the molecule is Cc1ccc(S(=O)/C=C/CCCC#C[Si](C)(C)C)cc1. The van der Waals surface area contributed by atoms with Crippen LogP contribution in [0.15, 0.2) is 40.6 Å². The van der Waals surface area contributed by atoms with Crippen molar-refractivity contribution in [2.75, 3.05) is 0 Å². The summed E-state index contributed by atoms with van der Waals surface area (Å²) in [5.74, 6) is 3.25. The van der Waals surface area contributed by atoms with Crippen LogP contribution in [0.25, 0.3) is 0 Å². The molecular formula is C17H24OSSi. The van der Waals surface area contributed by atoms with E-state index >= 15 is 0 Å². The molecule has 0 aliphatic carbocycles. The summed E-state index contributed by atoms with van der Waals surface area (Å²) >= 11 is 0. The summed E-state index contributed by atoms with van der Waals surface area (Å²) < 4.78 is 12.0. The maximum Gasteiger partial charge on any atom is 0.129 e. The summed E-state index contributed by atoms with van der Waals surface area (Å²) in [5.41, 5.74) is 4.55. The molecule has 0 N–H and O–H groups in total. The van der Waals surface area contributed by atoms with E-state index < -0.39 is 18.9 Å². The van der Waals surface area contributed by atoms with Crippen LogP contribution in [0.3, 0.4) is 0 Å². The Morgan fingerprint density at radius 2 is 1.85 bits per heavy atom. The Hall–Kier alpha value is -1.11. The molecule has 1 atom stereocenters. The molecule has 0 aliphatic heterocycles.